The third kappa shape index (κ3) is 3.20. The molecule has 0 bridgehead atoms. The van der Waals surface area contributed by atoms with Crippen molar-refractivity contribution in [3.8, 4) is 5.75 Å². The van der Waals surface area contributed by atoms with E-state index in [1.807, 2.05) is 6.07 Å². The van der Waals surface area contributed by atoms with E-state index in [-0.39, 0.29) is 16.3 Å². The third-order valence-electron chi connectivity index (χ3n) is 6.01. The van der Waals surface area contributed by atoms with Crippen LogP contribution in [0.4, 0.5) is 18.9 Å². The molecule has 4 nitrogen and oxygen atoms in total. The van der Waals surface area contributed by atoms with Gasteiger partial charge in [0.2, 0.25) is 0 Å². The SMILES string of the molecule is CC[C@H]1C[C@](O)(C(F)(F)F)[C@@H](Nc2cccc3c2C=COC3)c2ccc(Cl)c(O)c21. The monoisotopic (exact) mass is 439 g/mol. The topological polar surface area (TPSA) is 61.7 Å². The highest BCUT2D eigenvalue weighted by Crippen LogP contribution is 2.56. The molecule has 0 unspecified atom stereocenters. The first-order valence-corrected chi connectivity index (χ1v) is 10.0. The predicted molar refractivity (Wildman–Crippen MR) is 108 cm³/mol. The van der Waals surface area contributed by atoms with Crippen LogP contribution in [0, 0.1) is 0 Å². The zero-order chi connectivity index (χ0) is 21.7. The summed E-state index contributed by atoms with van der Waals surface area (Å²) in [5.74, 6) is -0.929. The lowest BCUT2D eigenvalue weighted by Gasteiger charge is -2.46. The molecule has 0 saturated heterocycles. The Bertz CT molecular complexity index is 1010. The van der Waals surface area contributed by atoms with Gasteiger partial charge in [0, 0.05) is 16.8 Å². The minimum Gasteiger partial charge on any atom is -0.506 e. The molecule has 160 valence electrons. The fraction of sp³-hybridized carbons (Fsp3) is 0.364. The number of anilines is 1. The van der Waals surface area contributed by atoms with Crippen LogP contribution in [0.15, 0.2) is 36.6 Å². The van der Waals surface area contributed by atoms with Crippen LogP contribution < -0.4 is 5.32 Å². The van der Waals surface area contributed by atoms with E-state index in [1.165, 1.54) is 18.4 Å². The second-order valence-corrected chi connectivity index (χ2v) is 8.11. The van der Waals surface area contributed by atoms with Crippen molar-refractivity contribution in [2.24, 2.45) is 0 Å². The molecule has 0 aromatic heterocycles. The third-order valence-corrected chi connectivity index (χ3v) is 6.31. The minimum atomic E-state index is -4.89. The summed E-state index contributed by atoms with van der Waals surface area (Å²) in [5, 5.41) is 24.5. The van der Waals surface area contributed by atoms with Crippen molar-refractivity contribution in [2.75, 3.05) is 5.32 Å². The molecule has 0 saturated carbocycles. The van der Waals surface area contributed by atoms with Crippen LogP contribution in [0.5, 0.6) is 5.75 Å². The highest BCUT2D eigenvalue weighted by molar-refractivity contribution is 6.32. The number of benzene rings is 2. The molecule has 2 aromatic carbocycles. The lowest BCUT2D eigenvalue weighted by molar-refractivity contribution is -0.272. The molecule has 0 spiro atoms. The highest BCUT2D eigenvalue weighted by Gasteiger charge is 2.62. The molecule has 1 heterocycles. The lowest BCUT2D eigenvalue weighted by Crippen LogP contribution is -2.55. The smallest absolute Gasteiger partial charge is 0.419 e. The van der Waals surface area contributed by atoms with Gasteiger partial charge in [0.15, 0.2) is 5.60 Å². The average molecular weight is 440 g/mol. The molecule has 8 heteroatoms. The largest absolute Gasteiger partial charge is 0.506 e. The van der Waals surface area contributed by atoms with E-state index in [4.69, 9.17) is 16.3 Å². The number of rotatable bonds is 3. The Balaban J connectivity index is 1.90. The number of hydrogen-bond donors (Lipinski definition) is 3. The van der Waals surface area contributed by atoms with Crippen molar-refractivity contribution < 1.29 is 28.1 Å². The van der Waals surface area contributed by atoms with Crippen LogP contribution in [0.3, 0.4) is 0 Å². The Morgan fingerprint density at radius 3 is 2.73 bits per heavy atom. The van der Waals surface area contributed by atoms with Crippen molar-refractivity contribution in [2.45, 2.75) is 50.1 Å². The van der Waals surface area contributed by atoms with Crippen molar-refractivity contribution >= 4 is 23.4 Å². The van der Waals surface area contributed by atoms with Gasteiger partial charge >= 0.3 is 6.18 Å². The van der Waals surface area contributed by atoms with E-state index in [0.29, 0.717) is 29.8 Å². The number of halogens is 4. The average Bonchev–Trinajstić information content (AvgIpc) is 2.71. The summed E-state index contributed by atoms with van der Waals surface area (Å²) in [4.78, 5) is 0. The first-order valence-electron chi connectivity index (χ1n) is 9.64. The molecule has 4 rings (SSSR count). The van der Waals surface area contributed by atoms with E-state index < -0.39 is 30.2 Å². The molecule has 3 atom stereocenters. The Labute approximate surface area is 176 Å². The summed E-state index contributed by atoms with van der Waals surface area (Å²) < 4.78 is 47.8. The van der Waals surface area contributed by atoms with Crippen molar-refractivity contribution in [1.29, 1.82) is 0 Å². The lowest BCUT2D eigenvalue weighted by atomic mass is 9.69. The van der Waals surface area contributed by atoms with E-state index in [1.54, 1.807) is 25.1 Å². The van der Waals surface area contributed by atoms with Crippen LogP contribution in [0.25, 0.3) is 6.08 Å². The fourth-order valence-electron chi connectivity index (χ4n) is 4.43. The number of aromatic hydroxyl groups is 1. The number of fused-ring (bicyclic) bond motifs is 2. The van der Waals surface area contributed by atoms with Crippen molar-refractivity contribution in [1.82, 2.24) is 0 Å². The number of ether oxygens (including phenoxy) is 1. The van der Waals surface area contributed by atoms with Crippen molar-refractivity contribution in [3.63, 3.8) is 0 Å². The van der Waals surface area contributed by atoms with E-state index in [0.717, 1.165) is 5.56 Å². The normalized spacial score (nSPS) is 25.3. The molecular formula is C22H21ClF3NO3. The number of phenols is 1. The van der Waals surface area contributed by atoms with Crippen LogP contribution in [-0.4, -0.2) is 22.0 Å². The quantitative estimate of drug-likeness (QED) is 0.558. The second kappa shape index (κ2) is 7.39. The Hall–Kier alpha value is -2.38. The number of nitrogens with one attached hydrogen (secondary N) is 1. The van der Waals surface area contributed by atoms with Crippen molar-refractivity contribution in [3.05, 3.63) is 63.9 Å². The molecule has 1 aliphatic carbocycles. The first-order chi connectivity index (χ1) is 14.2. The van der Waals surface area contributed by atoms with Gasteiger partial charge in [-0.1, -0.05) is 36.7 Å². The number of hydrogen-bond acceptors (Lipinski definition) is 4. The molecule has 3 N–H and O–H groups in total. The summed E-state index contributed by atoms with van der Waals surface area (Å²) in [6.07, 6.45) is -2.01. The predicted octanol–water partition coefficient (Wildman–Crippen LogP) is 5.89. The molecular weight excluding hydrogens is 419 g/mol. The van der Waals surface area contributed by atoms with Gasteiger partial charge in [0.05, 0.1) is 17.3 Å². The molecule has 30 heavy (non-hydrogen) atoms. The fourth-order valence-corrected chi connectivity index (χ4v) is 4.59. The van der Waals surface area contributed by atoms with Gasteiger partial charge in [-0.05, 0) is 48.1 Å². The van der Waals surface area contributed by atoms with Gasteiger partial charge in [-0.25, -0.2) is 0 Å². The molecule has 1 aliphatic heterocycles. The van der Waals surface area contributed by atoms with Gasteiger partial charge in [-0.2, -0.15) is 13.2 Å². The van der Waals surface area contributed by atoms with Gasteiger partial charge in [0.25, 0.3) is 0 Å². The van der Waals surface area contributed by atoms with Gasteiger partial charge < -0.3 is 20.3 Å². The van der Waals surface area contributed by atoms with E-state index >= 15 is 0 Å². The zero-order valence-electron chi connectivity index (χ0n) is 16.1. The zero-order valence-corrected chi connectivity index (χ0v) is 16.9. The van der Waals surface area contributed by atoms with Gasteiger partial charge in [-0.15, -0.1) is 0 Å². The maximum absolute atomic E-state index is 14.2. The maximum atomic E-state index is 14.2. The molecule has 0 fully saturated rings. The molecule has 0 radical (unpaired) electrons. The van der Waals surface area contributed by atoms with E-state index in [9.17, 15) is 23.4 Å². The Morgan fingerprint density at radius 1 is 1.27 bits per heavy atom. The maximum Gasteiger partial charge on any atom is 0.419 e. The van der Waals surface area contributed by atoms with E-state index in [2.05, 4.69) is 5.32 Å². The summed E-state index contributed by atoms with van der Waals surface area (Å²) in [5.41, 5.74) is -0.540. The standard InChI is InChI=1S/C22H21ClF3NO3/c1-2-12-10-21(29,22(24,25)26)20(15-6-7-16(23)19(28)18(12)15)27-17-5-3-4-13-11-30-9-8-14(13)17/h3-9,12,20,27-29H,2,10-11H2,1H3/t12-,20-,21+/m0/s1. The number of aliphatic hydroxyl groups is 1. The summed E-state index contributed by atoms with van der Waals surface area (Å²) in [6, 6.07) is 6.48. The molecule has 2 aliphatic rings. The van der Waals surface area contributed by atoms with Crippen LogP contribution >= 0.6 is 11.6 Å². The second-order valence-electron chi connectivity index (χ2n) is 7.70. The summed E-state index contributed by atoms with van der Waals surface area (Å²) >= 11 is 6.05. The van der Waals surface area contributed by atoms with Crippen LogP contribution in [0.2, 0.25) is 5.02 Å². The van der Waals surface area contributed by atoms with Crippen LogP contribution in [-0.2, 0) is 11.3 Å². The highest BCUT2D eigenvalue weighted by atomic mass is 35.5. The molecule has 0 amide bonds. The van der Waals surface area contributed by atoms with Gasteiger partial charge in [0.1, 0.15) is 12.4 Å². The molecule has 2 aromatic rings. The Morgan fingerprint density at radius 2 is 2.03 bits per heavy atom. The minimum absolute atomic E-state index is 0.0700. The number of phenolic OH excluding ortho intramolecular Hbond substituents is 1. The number of alkyl halides is 3. The Kier molecular flexibility index (Phi) is 5.14. The first kappa shape index (κ1) is 20.9. The van der Waals surface area contributed by atoms with Crippen LogP contribution in [0.1, 0.15) is 54.0 Å². The summed E-state index contributed by atoms with van der Waals surface area (Å²) in [7, 11) is 0. The van der Waals surface area contributed by atoms with Gasteiger partial charge in [-0.3, -0.25) is 0 Å². The summed E-state index contributed by atoms with van der Waals surface area (Å²) in [6.45, 7) is 2.03.